The van der Waals surface area contributed by atoms with E-state index in [1.165, 1.54) is 188 Å². The van der Waals surface area contributed by atoms with Crippen molar-refractivity contribution in [3.05, 3.63) is 448 Å². The standard InChI is InChI=1S/C25H17NS.2C23H25N.2C19H17N/c1-16-7-6-8-17(13-16)26-22-11-4-2-9-18(22)20-14-21-19-10-3-5-12-24(19)27-25(21)15-23(20)26;1-16-6-8-21(9-7-16)24(22-12-17(2)10-18(3)13-22)23-14-19(4)11-20(5)15-23;1-16-7-6-8-21(11-16)24(22-12-17(2)9-18(3)13-22)23-14-19(4)10-20(5)15-23;1-16-9-8-14-19(15-16)20(17-10-4-2-5-11-17)18-12-6-3-7-13-18;1-16-12-14-19(15-13-16)20(17-8-4-2-5-9-17)18-10-6-3-7-11-18/h2-15H,1H3;2*6-15H,1-5H3;2*2-15H,1H3. The van der Waals surface area contributed by atoms with Crippen molar-refractivity contribution in [1.82, 2.24) is 4.57 Å². The van der Waals surface area contributed by atoms with Crippen molar-refractivity contribution in [3.8, 4) is 5.69 Å². The van der Waals surface area contributed by atoms with Gasteiger partial charge in [0, 0.05) is 105 Å². The molecule has 0 N–H and O–H groups in total. The fraction of sp³-hybridized carbons (Fsp3) is 0.119. The van der Waals surface area contributed by atoms with Crippen LogP contribution >= 0.6 is 11.3 Å². The van der Waals surface area contributed by atoms with Gasteiger partial charge in [-0.15, -0.1) is 11.3 Å². The van der Waals surface area contributed by atoms with Gasteiger partial charge < -0.3 is 24.2 Å². The number of para-hydroxylation sites is 5. The molecule has 18 aromatic rings. The van der Waals surface area contributed by atoms with Crippen LogP contribution in [0.3, 0.4) is 0 Å². The maximum absolute atomic E-state index is 2.40. The number of fused-ring (bicyclic) bond motifs is 6. The van der Waals surface area contributed by atoms with Gasteiger partial charge >= 0.3 is 0 Å². The summed E-state index contributed by atoms with van der Waals surface area (Å²) in [6, 6.07) is 134. The second-order valence-electron chi connectivity index (χ2n) is 30.6. The van der Waals surface area contributed by atoms with E-state index < -0.39 is 0 Å². The van der Waals surface area contributed by atoms with Crippen molar-refractivity contribution in [2.24, 2.45) is 0 Å². The second kappa shape index (κ2) is 36.0. The Labute approximate surface area is 685 Å². The van der Waals surface area contributed by atoms with Crippen LogP contribution in [0.1, 0.15) is 72.3 Å². The quantitative estimate of drug-likeness (QED) is 0.114. The molecule has 0 aliphatic heterocycles. The van der Waals surface area contributed by atoms with Crippen molar-refractivity contribution in [2.45, 2.75) is 90.0 Å². The normalized spacial score (nSPS) is 10.8. The Balaban J connectivity index is 0.000000119. The summed E-state index contributed by atoms with van der Waals surface area (Å²) >= 11 is 1.88. The van der Waals surface area contributed by atoms with Crippen LogP contribution < -0.4 is 19.6 Å². The van der Waals surface area contributed by atoms with Gasteiger partial charge in [0.25, 0.3) is 0 Å². The summed E-state index contributed by atoms with van der Waals surface area (Å²) in [6.45, 7) is 27.9. The molecule has 0 fully saturated rings. The van der Waals surface area contributed by atoms with Gasteiger partial charge in [0.15, 0.2) is 0 Å². The van der Waals surface area contributed by atoms with Gasteiger partial charge in [-0.05, 0) is 333 Å². The number of rotatable bonds is 13. The highest BCUT2D eigenvalue weighted by Gasteiger charge is 2.20. The first kappa shape index (κ1) is 78.4. The van der Waals surface area contributed by atoms with Crippen LogP contribution in [0.4, 0.5) is 68.2 Å². The number of thiophene rings is 1. The van der Waals surface area contributed by atoms with Crippen LogP contribution in [0.25, 0.3) is 47.7 Å². The van der Waals surface area contributed by atoms with Crippen LogP contribution in [0.5, 0.6) is 0 Å². The Morgan fingerprint density at radius 3 is 0.843 bits per heavy atom. The lowest BCUT2D eigenvalue weighted by molar-refractivity contribution is 1.17. The Morgan fingerprint density at radius 2 is 0.461 bits per heavy atom. The van der Waals surface area contributed by atoms with Gasteiger partial charge in [-0.1, -0.05) is 205 Å². The molecule has 0 bridgehead atoms. The Hall–Kier alpha value is -13.3. The van der Waals surface area contributed by atoms with E-state index in [9.17, 15) is 0 Å². The van der Waals surface area contributed by atoms with E-state index in [2.05, 4.69) is 466 Å². The van der Waals surface area contributed by atoms with Gasteiger partial charge in [-0.2, -0.15) is 0 Å². The summed E-state index contributed by atoms with van der Waals surface area (Å²) in [7, 11) is 0. The van der Waals surface area contributed by atoms with Gasteiger partial charge in [-0.25, -0.2) is 0 Å². The van der Waals surface area contributed by atoms with Crippen molar-refractivity contribution in [1.29, 1.82) is 0 Å². The SMILES string of the molecule is Cc1ccc(N(c2cc(C)cc(C)c2)c2cc(C)cc(C)c2)cc1.Cc1ccc(N(c2ccccc2)c2ccccc2)cc1.Cc1cccc(-n2c3ccccc3c3cc4c(cc32)sc2ccccc24)c1.Cc1cccc(N(c2cc(C)cc(C)c2)c2cc(C)cc(C)c2)c1.Cc1cccc(N(c2ccccc2)c2ccccc2)c1. The Bertz CT molecular complexity index is 6060. The highest BCUT2D eigenvalue weighted by Crippen LogP contribution is 2.44. The largest absolute Gasteiger partial charge is 0.311 e. The first-order valence-electron chi connectivity index (χ1n) is 39.7. The minimum absolute atomic E-state index is 1.17. The van der Waals surface area contributed by atoms with E-state index in [4.69, 9.17) is 0 Å². The number of hydrogen-bond donors (Lipinski definition) is 0. The maximum atomic E-state index is 2.40. The first-order chi connectivity index (χ1) is 55.8. The number of anilines is 12. The van der Waals surface area contributed by atoms with Crippen LogP contribution in [-0.2, 0) is 0 Å². The lowest BCUT2D eigenvalue weighted by Crippen LogP contribution is -2.11. The molecule has 18 rings (SSSR count). The van der Waals surface area contributed by atoms with E-state index in [1.54, 1.807) is 0 Å². The predicted molar refractivity (Wildman–Crippen MR) is 500 cm³/mol. The minimum Gasteiger partial charge on any atom is -0.311 e. The van der Waals surface area contributed by atoms with Crippen LogP contribution in [0.15, 0.2) is 376 Å². The summed E-state index contributed by atoms with van der Waals surface area (Å²) in [6.07, 6.45) is 0. The molecule has 0 unspecified atom stereocenters. The fourth-order valence-corrected chi connectivity index (χ4v) is 16.7. The maximum Gasteiger partial charge on any atom is 0.0555 e. The molecule has 0 atom stereocenters. The van der Waals surface area contributed by atoms with Gasteiger partial charge in [0.1, 0.15) is 0 Å². The fourth-order valence-electron chi connectivity index (χ4n) is 15.6. The monoisotopic (exact) mass is 1510 g/mol. The number of hydrogen-bond acceptors (Lipinski definition) is 5. The molecule has 0 amide bonds. The molecule has 6 heteroatoms. The molecule has 16 aromatic carbocycles. The third-order valence-electron chi connectivity index (χ3n) is 20.5. The molecule has 0 saturated heterocycles. The van der Waals surface area contributed by atoms with Crippen molar-refractivity contribution in [3.63, 3.8) is 0 Å². The molecule has 0 saturated carbocycles. The topological polar surface area (TPSA) is 17.9 Å². The third kappa shape index (κ3) is 19.1. The third-order valence-corrected chi connectivity index (χ3v) is 21.6. The molecular weight excluding hydrogens is 1410 g/mol. The average molecular weight is 1510 g/mol. The van der Waals surface area contributed by atoms with Crippen molar-refractivity contribution >= 4 is 122 Å². The Morgan fingerprint density at radius 1 is 0.165 bits per heavy atom. The molecule has 2 heterocycles. The van der Waals surface area contributed by atoms with E-state index in [0.29, 0.717) is 0 Å². The van der Waals surface area contributed by atoms with Crippen LogP contribution in [0, 0.1) is 90.0 Å². The van der Waals surface area contributed by atoms with Crippen LogP contribution in [0.2, 0.25) is 0 Å². The molecule has 0 spiro atoms. The number of nitrogens with zero attached hydrogens (tertiary/aromatic N) is 5. The molecule has 0 radical (unpaired) electrons. The van der Waals surface area contributed by atoms with E-state index in [-0.39, 0.29) is 0 Å². The van der Waals surface area contributed by atoms with Crippen LogP contribution in [-0.4, -0.2) is 4.57 Å². The lowest BCUT2D eigenvalue weighted by atomic mass is 10.1. The second-order valence-corrected chi connectivity index (χ2v) is 31.7. The summed E-state index contributed by atoms with van der Waals surface area (Å²) in [4.78, 5) is 9.24. The Kier molecular flexibility index (Phi) is 24.6. The molecule has 5 nitrogen and oxygen atoms in total. The number of benzene rings is 16. The lowest BCUT2D eigenvalue weighted by Gasteiger charge is -2.27. The number of aryl methyl sites for hydroxylation is 13. The highest BCUT2D eigenvalue weighted by atomic mass is 32.1. The smallest absolute Gasteiger partial charge is 0.0555 e. The molecule has 0 aliphatic carbocycles. The van der Waals surface area contributed by atoms with Crippen molar-refractivity contribution < 1.29 is 0 Å². The summed E-state index contributed by atoms with van der Waals surface area (Å²) in [5, 5.41) is 5.34. The summed E-state index contributed by atoms with van der Waals surface area (Å²) in [5.74, 6) is 0. The van der Waals surface area contributed by atoms with Gasteiger partial charge in [-0.3, -0.25) is 0 Å². The minimum atomic E-state index is 1.17. The number of aromatic nitrogens is 1. The summed E-state index contributed by atoms with van der Waals surface area (Å²) < 4.78 is 5.11. The molecule has 115 heavy (non-hydrogen) atoms. The van der Waals surface area contributed by atoms with Gasteiger partial charge in [0.2, 0.25) is 0 Å². The van der Waals surface area contributed by atoms with E-state index in [0.717, 1.165) is 0 Å². The zero-order valence-electron chi connectivity index (χ0n) is 68.4. The molecule has 0 aliphatic rings. The zero-order chi connectivity index (χ0) is 80.1. The van der Waals surface area contributed by atoms with E-state index >= 15 is 0 Å². The molecule has 568 valence electrons. The zero-order valence-corrected chi connectivity index (χ0v) is 69.3. The van der Waals surface area contributed by atoms with E-state index in [1.807, 2.05) is 35.6 Å². The van der Waals surface area contributed by atoms with Gasteiger partial charge in [0.05, 0.1) is 11.0 Å². The predicted octanol–water partition coefficient (Wildman–Crippen LogP) is 31.8. The molecular formula is C109H101N5S. The summed E-state index contributed by atoms with van der Waals surface area (Å²) in [5.41, 5.74) is 34.7. The highest BCUT2D eigenvalue weighted by molar-refractivity contribution is 7.25. The van der Waals surface area contributed by atoms with Crippen molar-refractivity contribution in [2.75, 3.05) is 19.6 Å². The molecule has 2 aromatic heterocycles. The average Bonchev–Trinajstić information content (AvgIpc) is 1.57. The first-order valence-corrected chi connectivity index (χ1v) is 40.6.